The molecule has 2 aromatic rings. The van der Waals surface area contributed by atoms with Gasteiger partial charge >= 0.3 is 0 Å². The quantitative estimate of drug-likeness (QED) is 0.728. The molecule has 5 heteroatoms. The Morgan fingerprint density at radius 3 is 2.33 bits per heavy atom. The maximum absolute atomic E-state index is 12.0. The van der Waals surface area contributed by atoms with Crippen LogP contribution in [-0.4, -0.2) is 5.91 Å². The van der Waals surface area contributed by atoms with Crippen molar-refractivity contribution >= 4 is 57.4 Å². The number of amides is 1. The Labute approximate surface area is 128 Å². The summed E-state index contributed by atoms with van der Waals surface area (Å²) in [5.74, 6) is -0.198. The highest BCUT2D eigenvalue weighted by Gasteiger charge is 2.08. The van der Waals surface area contributed by atoms with Crippen LogP contribution in [0, 0.1) is 3.57 Å². The van der Waals surface area contributed by atoms with Crippen molar-refractivity contribution in [3.05, 3.63) is 61.6 Å². The Morgan fingerprint density at radius 2 is 1.72 bits per heavy atom. The molecule has 1 N–H and O–H groups in total. The lowest BCUT2D eigenvalue weighted by Gasteiger charge is -2.06. The zero-order chi connectivity index (χ0) is 13.1. The number of anilines is 1. The minimum Gasteiger partial charge on any atom is -0.322 e. The molecule has 0 atom stereocenters. The van der Waals surface area contributed by atoms with Crippen molar-refractivity contribution in [1.29, 1.82) is 0 Å². The van der Waals surface area contributed by atoms with Crippen LogP contribution >= 0.6 is 45.8 Å². The molecule has 1 amide bonds. The summed E-state index contributed by atoms with van der Waals surface area (Å²) < 4.78 is 0.914. The van der Waals surface area contributed by atoms with Gasteiger partial charge in [0.25, 0.3) is 5.91 Å². The SMILES string of the molecule is O=C(Nc1ccc(Cl)cc1)c1ccc(I)c(Cl)c1. The predicted molar refractivity (Wildman–Crippen MR) is 83.6 cm³/mol. The van der Waals surface area contributed by atoms with Gasteiger partial charge < -0.3 is 5.32 Å². The summed E-state index contributed by atoms with van der Waals surface area (Å²) in [4.78, 5) is 12.0. The van der Waals surface area contributed by atoms with Gasteiger partial charge in [-0.1, -0.05) is 23.2 Å². The summed E-state index contributed by atoms with van der Waals surface area (Å²) in [6, 6.07) is 12.1. The van der Waals surface area contributed by atoms with E-state index in [-0.39, 0.29) is 5.91 Å². The van der Waals surface area contributed by atoms with E-state index in [0.29, 0.717) is 21.3 Å². The van der Waals surface area contributed by atoms with Crippen molar-refractivity contribution in [2.45, 2.75) is 0 Å². The first-order valence-electron chi connectivity index (χ1n) is 5.08. The van der Waals surface area contributed by atoms with Crippen LogP contribution in [0.2, 0.25) is 10.0 Å². The first-order chi connectivity index (χ1) is 8.56. The number of nitrogens with one attached hydrogen (secondary N) is 1. The van der Waals surface area contributed by atoms with Crippen LogP contribution in [0.25, 0.3) is 0 Å². The molecule has 92 valence electrons. The monoisotopic (exact) mass is 391 g/mol. The van der Waals surface area contributed by atoms with Crippen LogP contribution in [0.3, 0.4) is 0 Å². The number of rotatable bonds is 2. The molecule has 0 bridgehead atoms. The number of carbonyl (C=O) groups excluding carboxylic acids is 1. The predicted octanol–water partition coefficient (Wildman–Crippen LogP) is 4.85. The molecule has 0 spiro atoms. The van der Waals surface area contributed by atoms with Gasteiger partial charge in [-0.15, -0.1) is 0 Å². The Hall–Kier alpha value is -0.780. The van der Waals surface area contributed by atoms with Gasteiger partial charge in [-0.3, -0.25) is 4.79 Å². The summed E-state index contributed by atoms with van der Waals surface area (Å²) in [7, 11) is 0. The lowest BCUT2D eigenvalue weighted by molar-refractivity contribution is 0.102. The molecule has 2 aromatic carbocycles. The second-order valence-corrected chi connectivity index (χ2v) is 5.60. The van der Waals surface area contributed by atoms with Gasteiger partial charge in [0.15, 0.2) is 0 Å². The number of benzene rings is 2. The second kappa shape index (κ2) is 5.91. The van der Waals surface area contributed by atoms with Crippen LogP contribution in [0.1, 0.15) is 10.4 Å². The molecule has 0 radical (unpaired) electrons. The van der Waals surface area contributed by atoms with E-state index in [2.05, 4.69) is 27.9 Å². The molecule has 0 unspecified atom stereocenters. The minimum atomic E-state index is -0.198. The van der Waals surface area contributed by atoms with Crippen molar-refractivity contribution < 1.29 is 4.79 Å². The van der Waals surface area contributed by atoms with Crippen LogP contribution < -0.4 is 5.32 Å². The summed E-state index contributed by atoms with van der Waals surface area (Å²) in [5.41, 5.74) is 1.22. The van der Waals surface area contributed by atoms with Crippen molar-refractivity contribution in [2.75, 3.05) is 5.32 Å². The molecule has 2 nitrogen and oxygen atoms in total. The first kappa shape index (κ1) is 13.6. The van der Waals surface area contributed by atoms with E-state index >= 15 is 0 Å². The molecule has 0 fully saturated rings. The van der Waals surface area contributed by atoms with Gasteiger partial charge in [0.2, 0.25) is 0 Å². The Balaban J connectivity index is 2.16. The molecule has 18 heavy (non-hydrogen) atoms. The van der Waals surface area contributed by atoms with Gasteiger partial charge in [0.1, 0.15) is 0 Å². The van der Waals surface area contributed by atoms with E-state index in [0.717, 1.165) is 3.57 Å². The third kappa shape index (κ3) is 3.37. The van der Waals surface area contributed by atoms with Crippen molar-refractivity contribution in [3.63, 3.8) is 0 Å². The standard InChI is InChI=1S/C13H8Cl2INO/c14-9-2-4-10(5-3-9)17-13(18)8-1-6-12(16)11(15)7-8/h1-7H,(H,17,18). The summed E-state index contributed by atoms with van der Waals surface area (Å²) in [6.07, 6.45) is 0. The zero-order valence-electron chi connectivity index (χ0n) is 9.08. The number of carbonyl (C=O) groups is 1. The lowest BCUT2D eigenvalue weighted by Crippen LogP contribution is -2.11. The fourth-order valence-corrected chi connectivity index (χ4v) is 2.02. The summed E-state index contributed by atoms with van der Waals surface area (Å²) >= 11 is 13.9. The van der Waals surface area contributed by atoms with Crippen LogP contribution in [0.4, 0.5) is 5.69 Å². The molecule has 0 saturated heterocycles. The second-order valence-electron chi connectivity index (χ2n) is 3.59. The minimum absolute atomic E-state index is 0.198. The Kier molecular flexibility index (Phi) is 4.48. The average Bonchev–Trinajstić information content (AvgIpc) is 2.35. The van der Waals surface area contributed by atoms with Crippen LogP contribution in [0.15, 0.2) is 42.5 Å². The third-order valence-corrected chi connectivity index (χ3v) is 4.11. The molecule has 0 aliphatic carbocycles. The van der Waals surface area contributed by atoms with E-state index in [1.165, 1.54) is 0 Å². The summed E-state index contributed by atoms with van der Waals surface area (Å²) in [5, 5.41) is 3.97. The molecule has 0 heterocycles. The molecule has 0 aliphatic rings. The van der Waals surface area contributed by atoms with E-state index in [1.807, 2.05) is 0 Å². The maximum atomic E-state index is 12.0. The van der Waals surface area contributed by atoms with Gasteiger partial charge in [-0.2, -0.15) is 0 Å². The summed E-state index contributed by atoms with van der Waals surface area (Å²) in [6.45, 7) is 0. The van der Waals surface area contributed by atoms with Crippen molar-refractivity contribution in [1.82, 2.24) is 0 Å². The average molecular weight is 392 g/mol. The molecular weight excluding hydrogens is 384 g/mol. The molecule has 0 saturated carbocycles. The highest BCUT2D eigenvalue weighted by atomic mass is 127. The van der Waals surface area contributed by atoms with Gasteiger partial charge in [-0.25, -0.2) is 0 Å². The van der Waals surface area contributed by atoms with E-state index in [4.69, 9.17) is 23.2 Å². The Morgan fingerprint density at radius 1 is 1.06 bits per heavy atom. The van der Waals surface area contributed by atoms with Crippen LogP contribution in [-0.2, 0) is 0 Å². The van der Waals surface area contributed by atoms with Crippen molar-refractivity contribution in [2.24, 2.45) is 0 Å². The van der Waals surface area contributed by atoms with Gasteiger partial charge in [0, 0.05) is 19.8 Å². The number of hydrogen-bond acceptors (Lipinski definition) is 1. The first-order valence-corrected chi connectivity index (χ1v) is 6.92. The largest absolute Gasteiger partial charge is 0.322 e. The zero-order valence-corrected chi connectivity index (χ0v) is 12.8. The fraction of sp³-hybridized carbons (Fsp3) is 0. The van der Waals surface area contributed by atoms with Crippen molar-refractivity contribution in [3.8, 4) is 0 Å². The van der Waals surface area contributed by atoms with E-state index in [1.54, 1.807) is 42.5 Å². The van der Waals surface area contributed by atoms with Crippen LogP contribution in [0.5, 0.6) is 0 Å². The maximum Gasteiger partial charge on any atom is 0.255 e. The topological polar surface area (TPSA) is 29.1 Å². The fourth-order valence-electron chi connectivity index (χ4n) is 1.37. The van der Waals surface area contributed by atoms with E-state index < -0.39 is 0 Å². The molecule has 0 aromatic heterocycles. The smallest absolute Gasteiger partial charge is 0.255 e. The Bertz CT molecular complexity index is 584. The normalized spacial score (nSPS) is 10.2. The highest BCUT2D eigenvalue weighted by Crippen LogP contribution is 2.20. The van der Waals surface area contributed by atoms with E-state index in [9.17, 15) is 4.79 Å². The third-order valence-electron chi connectivity index (χ3n) is 2.28. The highest BCUT2D eigenvalue weighted by molar-refractivity contribution is 14.1. The molecular formula is C13H8Cl2INO. The number of hydrogen-bond donors (Lipinski definition) is 1. The number of halogens is 3. The van der Waals surface area contributed by atoms with Gasteiger partial charge in [-0.05, 0) is 65.1 Å². The molecule has 0 aliphatic heterocycles. The van der Waals surface area contributed by atoms with Gasteiger partial charge in [0.05, 0.1) is 5.02 Å². The molecule has 2 rings (SSSR count). The lowest BCUT2D eigenvalue weighted by atomic mass is 10.2.